The van der Waals surface area contributed by atoms with Crippen molar-refractivity contribution >= 4 is 5.91 Å². The molecule has 0 saturated heterocycles. The summed E-state index contributed by atoms with van der Waals surface area (Å²) in [6.07, 6.45) is 3.83. The molecule has 3 unspecified atom stereocenters. The van der Waals surface area contributed by atoms with Gasteiger partial charge in [0.15, 0.2) is 0 Å². The topological polar surface area (TPSA) is 64.3 Å². The number of amides is 1. The van der Waals surface area contributed by atoms with Crippen LogP contribution in [0.3, 0.4) is 0 Å². The van der Waals surface area contributed by atoms with Crippen LogP contribution in [-0.4, -0.2) is 31.7 Å². The molecule has 19 heavy (non-hydrogen) atoms. The maximum atomic E-state index is 12.1. The van der Waals surface area contributed by atoms with Gasteiger partial charge in [-0.15, -0.1) is 0 Å². The van der Waals surface area contributed by atoms with Crippen molar-refractivity contribution < 1.29 is 9.53 Å². The second-order valence-electron chi connectivity index (χ2n) is 6.27. The highest BCUT2D eigenvalue weighted by molar-refractivity contribution is 5.79. The molecule has 0 radical (unpaired) electrons. The zero-order valence-electron chi connectivity index (χ0n) is 12.7. The Morgan fingerprint density at radius 3 is 2.84 bits per heavy atom. The smallest absolute Gasteiger partial charge is 0.223 e. The SMILES string of the molecule is CC(C)COCCCNC(=O)C1CC(N)CCC1C. The van der Waals surface area contributed by atoms with Gasteiger partial charge in [-0.3, -0.25) is 4.79 Å². The number of carbonyl (C=O) groups is 1. The lowest BCUT2D eigenvalue weighted by Gasteiger charge is -2.31. The molecule has 0 spiro atoms. The van der Waals surface area contributed by atoms with Crippen molar-refractivity contribution in [3.8, 4) is 0 Å². The minimum Gasteiger partial charge on any atom is -0.381 e. The van der Waals surface area contributed by atoms with Gasteiger partial charge in [0, 0.05) is 31.7 Å². The Balaban J connectivity index is 2.13. The fraction of sp³-hybridized carbons (Fsp3) is 0.933. The van der Waals surface area contributed by atoms with Gasteiger partial charge < -0.3 is 15.8 Å². The average molecular weight is 270 g/mol. The third-order valence-corrected chi connectivity index (χ3v) is 3.79. The number of hydrogen-bond acceptors (Lipinski definition) is 3. The predicted molar refractivity (Wildman–Crippen MR) is 77.8 cm³/mol. The maximum Gasteiger partial charge on any atom is 0.223 e. The molecule has 3 atom stereocenters. The van der Waals surface area contributed by atoms with Crippen LogP contribution in [0.1, 0.15) is 46.5 Å². The van der Waals surface area contributed by atoms with Crippen molar-refractivity contribution in [2.24, 2.45) is 23.5 Å². The van der Waals surface area contributed by atoms with Crippen molar-refractivity contribution in [3.63, 3.8) is 0 Å². The molecule has 4 nitrogen and oxygen atoms in total. The highest BCUT2D eigenvalue weighted by atomic mass is 16.5. The number of carbonyl (C=O) groups excluding carboxylic acids is 1. The molecule has 0 aromatic rings. The maximum absolute atomic E-state index is 12.1. The first-order valence-corrected chi connectivity index (χ1v) is 7.61. The summed E-state index contributed by atoms with van der Waals surface area (Å²) in [5.74, 6) is 1.29. The minimum absolute atomic E-state index is 0.0975. The quantitative estimate of drug-likeness (QED) is 0.695. The first kappa shape index (κ1) is 16.4. The lowest BCUT2D eigenvalue weighted by molar-refractivity contribution is -0.127. The summed E-state index contributed by atoms with van der Waals surface area (Å²) in [6.45, 7) is 8.64. The molecule has 1 saturated carbocycles. The molecule has 1 aliphatic rings. The molecule has 1 amide bonds. The van der Waals surface area contributed by atoms with Crippen LogP contribution < -0.4 is 11.1 Å². The van der Waals surface area contributed by atoms with Gasteiger partial charge in [-0.25, -0.2) is 0 Å². The molecule has 4 heteroatoms. The third kappa shape index (κ3) is 6.39. The van der Waals surface area contributed by atoms with Crippen molar-refractivity contribution in [3.05, 3.63) is 0 Å². The molecule has 0 aromatic carbocycles. The lowest BCUT2D eigenvalue weighted by Crippen LogP contribution is -2.42. The second kappa shape index (κ2) is 8.54. The number of nitrogens with two attached hydrogens (primary N) is 1. The number of rotatable bonds is 7. The van der Waals surface area contributed by atoms with E-state index in [-0.39, 0.29) is 17.9 Å². The Bertz CT molecular complexity index is 269. The molecule has 0 heterocycles. The van der Waals surface area contributed by atoms with E-state index < -0.39 is 0 Å². The van der Waals surface area contributed by atoms with Crippen LogP contribution in [0.2, 0.25) is 0 Å². The lowest BCUT2D eigenvalue weighted by atomic mass is 9.78. The Hall–Kier alpha value is -0.610. The summed E-state index contributed by atoms with van der Waals surface area (Å²) in [7, 11) is 0. The monoisotopic (exact) mass is 270 g/mol. The second-order valence-corrected chi connectivity index (χ2v) is 6.27. The predicted octanol–water partition coefficient (Wildman–Crippen LogP) is 1.93. The summed E-state index contributed by atoms with van der Waals surface area (Å²) in [6, 6.07) is 0.196. The Kier molecular flexibility index (Phi) is 7.39. The standard InChI is InChI=1S/C15H30N2O2/c1-11(2)10-19-8-4-7-17-15(18)14-9-13(16)6-5-12(14)3/h11-14H,4-10,16H2,1-3H3,(H,17,18). The van der Waals surface area contributed by atoms with Crippen LogP contribution in [-0.2, 0) is 9.53 Å². The molecule has 1 fully saturated rings. The summed E-state index contributed by atoms with van der Waals surface area (Å²) >= 11 is 0. The van der Waals surface area contributed by atoms with Crippen LogP contribution in [0.15, 0.2) is 0 Å². The zero-order valence-corrected chi connectivity index (χ0v) is 12.7. The third-order valence-electron chi connectivity index (χ3n) is 3.79. The minimum atomic E-state index is 0.0975. The summed E-state index contributed by atoms with van der Waals surface area (Å²) in [5, 5.41) is 3.02. The van der Waals surface area contributed by atoms with E-state index in [0.717, 1.165) is 38.9 Å². The number of nitrogens with one attached hydrogen (secondary N) is 1. The summed E-state index contributed by atoms with van der Waals surface area (Å²) in [5.41, 5.74) is 5.95. The van der Waals surface area contributed by atoms with E-state index in [1.807, 2.05) is 0 Å². The van der Waals surface area contributed by atoms with Gasteiger partial charge in [-0.05, 0) is 37.5 Å². The van der Waals surface area contributed by atoms with Crippen molar-refractivity contribution in [2.45, 2.75) is 52.5 Å². The van der Waals surface area contributed by atoms with Crippen molar-refractivity contribution in [1.29, 1.82) is 0 Å². The first-order chi connectivity index (χ1) is 9.00. The van der Waals surface area contributed by atoms with Gasteiger partial charge in [-0.2, -0.15) is 0 Å². The van der Waals surface area contributed by atoms with E-state index in [4.69, 9.17) is 10.5 Å². The number of ether oxygens (including phenoxy) is 1. The molecule has 0 bridgehead atoms. The molecule has 0 aromatic heterocycles. The van der Waals surface area contributed by atoms with Crippen molar-refractivity contribution in [1.82, 2.24) is 5.32 Å². The number of hydrogen-bond donors (Lipinski definition) is 2. The van der Waals surface area contributed by atoms with Gasteiger partial charge in [0.2, 0.25) is 5.91 Å². The van der Waals surface area contributed by atoms with E-state index >= 15 is 0 Å². The van der Waals surface area contributed by atoms with E-state index in [9.17, 15) is 4.79 Å². The van der Waals surface area contributed by atoms with Crippen LogP contribution in [0.4, 0.5) is 0 Å². The van der Waals surface area contributed by atoms with Crippen LogP contribution >= 0.6 is 0 Å². The van der Waals surface area contributed by atoms with E-state index in [1.54, 1.807) is 0 Å². The summed E-state index contributed by atoms with van der Waals surface area (Å²) < 4.78 is 5.49. The average Bonchev–Trinajstić information content (AvgIpc) is 2.36. The van der Waals surface area contributed by atoms with Crippen molar-refractivity contribution in [2.75, 3.05) is 19.8 Å². The molecule has 112 valence electrons. The molecule has 1 rings (SSSR count). The van der Waals surface area contributed by atoms with E-state index in [1.165, 1.54) is 0 Å². The normalized spacial score (nSPS) is 27.5. The Morgan fingerprint density at radius 2 is 2.16 bits per heavy atom. The van der Waals surface area contributed by atoms with Gasteiger partial charge in [0.25, 0.3) is 0 Å². The van der Waals surface area contributed by atoms with Gasteiger partial charge in [0.1, 0.15) is 0 Å². The molecule has 0 aliphatic heterocycles. The molecule has 3 N–H and O–H groups in total. The molecule has 1 aliphatic carbocycles. The van der Waals surface area contributed by atoms with E-state index in [0.29, 0.717) is 18.4 Å². The Labute approximate surface area is 117 Å². The fourth-order valence-electron chi connectivity index (χ4n) is 2.56. The molecular formula is C15H30N2O2. The summed E-state index contributed by atoms with van der Waals surface area (Å²) in [4.78, 5) is 12.1. The van der Waals surface area contributed by atoms with Crippen LogP contribution in [0.25, 0.3) is 0 Å². The first-order valence-electron chi connectivity index (χ1n) is 7.61. The van der Waals surface area contributed by atoms with Gasteiger partial charge >= 0.3 is 0 Å². The molecular weight excluding hydrogens is 240 g/mol. The van der Waals surface area contributed by atoms with Gasteiger partial charge in [-0.1, -0.05) is 20.8 Å². The largest absolute Gasteiger partial charge is 0.381 e. The van der Waals surface area contributed by atoms with E-state index in [2.05, 4.69) is 26.1 Å². The zero-order chi connectivity index (χ0) is 14.3. The van der Waals surface area contributed by atoms with Gasteiger partial charge in [0.05, 0.1) is 0 Å². The fourth-order valence-corrected chi connectivity index (χ4v) is 2.56. The highest BCUT2D eigenvalue weighted by Gasteiger charge is 2.30. The van der Waals surface area contributed by atoms with Crippen LogP contribution in [0.5, 0.6) is 0 Å². The van der Waals surface area contributed by atoms with Crippen LogP contribution in [0, 0.1) is 17.8 Å². The highest BCUT2D eigenvalue weighted by Crippen LogP contribution is 2.29. The Morgan fingerprint density at radius 1 is 1.42 bits per heavy atom.